The van der Waals surface area contributed by atoms with Crippen LogP contribution in [-0.2, 0) is 4.74 Å². The molecule has 5 rings (SSSR count). The Balaban J connectivity index is 1.19. The summed E-state index contributed by atoms with van der Waals surface area (Å²) in [5.41, 5.74) is 2.08. The fraction of sp³-hybridized carbons (Fsp3) is 0.519. The maximum Gasteiger partial charge on any atom is 0.252 e. The molecule has 0 saturated carbocycles. The van der Waals surface area contributed by atoms with Crippen molar-refractivity contribution in [1.29, 1.82) is 0 Å². The molecule has 0 spiro atoms. The smallest absolute Gasteiger partial charge is 0.252 e. The molecule has 0 radical (unpaired) electrons. The van der Waals surface area contributed by atoms with Crippen molar-refractivity contribution in [2.75, 3.05) is 25.2 Å². The van der Waals surface area contributed by atoms with E-state index in [9.17, 15) is 9.59 Å². The maximum atomic E-state index is 13.0. The number of hydrogen-bond acceptors (Lipinski definition) is 6. The molecule has 2 bridgehead atoms. The molecule has 4 heterocycles. The first kappa shape index (κ1) is 23.6. The molecule has 35 heavy (non-hydrogen) atoms. The van der Waals surface area contributed by atoms with Crippen molar-refractivity contribution in [3.63, 3.8) is 0 Å². The van der Waals surface area contributed by atoms with Gasteiger partial charge in [0.1, 0.15) is 11.6 Å². The number of hydrogen-bond donors (Lipinski definition) is 2. The van der Waals surface area contributed by atoms with Crippen LogP contribution >= 0.6 is 0 Å². The number of anilines is 1. The largest absolute Gasteiger partial charge is 0.496 e. The van der Waals surface area contributed by atoms with Crippen molar-refractivity contribution in [3.8, 4) is 5.75 Å². The number of benzene rings is 1. The summed E-state index contributed by atoms with van der Waals surface area (Å²) in [6, 6.07) is 10.2. The highest BCUT2D eigenvalue weighted by Crippen LogP contribution is 2.38. The topological polar surface area (TPSA) is 92.8 Å². The zero-order valence-corrected chi connectivity index (χ0v) is 20.5. The predicted octanol–water partition coefficient (Wildman–Crippen LogP) is 3.24. The molecule has 2 N–H and O–H groups in total. The van der Waals surface area contributed by atoms with Gasteiger partial charge in [-0.15, -0.1) is 0 Å². The predicted molar refractivity (Wildman–Crippen MR) is 133 cm³/mol. The number of rotatable bonds is 7. The molecule has 1 aromatic heterocycles. The number of nitrogens with one attached hydrogen (secondary N) is 2. The number of fused-ring (bicyclic) bond motifs is 2. The van der Waals surface area contributed by atoms with Crippen molar-refractivity contribution in [2.24, 2.45) is 0 Å². The van der Waals surface area contributed by atoms with Gasteiger partial charge >= 0.3 is 0 Å². The third-order valence-electron chi connectivity index (χ3n) is 7.61. The maximum absolute atomic E-state index is 13.0. The Morgan fingerprint density at radius 1 is 1.11 bits per heavy atom. The second-order valence-electron chi connectivity index (χ2n) is 9.82. The van der Waals surface area contributed by atoms with E-state index in [1.807, 2.05) is 37.3 Å². The summed E-state index contributed by atoms with van der Waals surface area (Å²) in [6.45, 7) is 3.23. The summed E-state index contributed by atoms with van der Waals surface area (Å²) >= 11 is 0. The molecule has 2 amide bonds. The number of carbonyl (C=O) groups is 2. The second kappa shape index (κ2) is 10.2. The summed E-state index contributed by atoms with van der Waals surface area (Å²) in [5, 5.41) is 6.21. The molecule has 4 atom stereocenters. The molecule has 1 aromatic carbocycles. The second-order valence-corrected chi connectivity index (χ2v) is 9.82. The van der Waals surface area contributed by atoms with E-state index in [-0.39, 0.29) is 24.0 Å². The van der Waals surface area contributed by atoms with Gasteiger partial charge in [-0.25, -0.2) is 4.98 Å². The number of aromatic nitrogens is 1. The Kier molecular flexibility index (Phi) is 6.90. The molecule has 8 heteroatoms. The molecule has 3 fully saturated rings. The normalized spacial score (nSPS) is 25.4. The SMILES string of the molecule is COc1cccc(C(=O)N[C@H]2C[C@H]3CC[C@@H](C2)N3c2ccc(C(=O)NCC3CCCO3)cn2)c1C. The highest BCUT2D eigenvalue weighted by Gasteiger charge is 2.42. The number of methoxy groups -OCH3 is 1. The third kappa shape index (κ3) is 4.98. The number of carbonyl (C=O) groups excluding carboxylic acids is 2. The van der Waals surface area contributed by atoms with Crippen LogP contribution in [0.2, 0.25) is 0 Å². The van der Waals surface area contributed by atoms with E-state index in [2.05, 4.69) is 20.5 Å². The Morgan fingerprint density at radius 2 is 1.91 bits per heavy atom. The average molecular weight is 479 g/mol. The van der Waals surface area contributed by atoms with Gasteiger partial charge in [-0.05, 0) is 69.7 Å². The van der Waals surface area contributed by atoms with Crippen LogP contribution in [0.5, 0.6) is 5.75 Å². The number of pyridine rings is 1. The average Bonchev–Trinajstić information content (AvgIpc) is 3.48. The fourth-order valence-electron chi connectivity index (χ4n) is 5.80. The molecule has 2 aromatic rings. The van der Waals surface area contributed by atoms with E-state index in [1.54, 1.807) is 13.3 Å². The van der Waals surface area contributed by atoms with Crippen LogP contribution in [0.4, 0.5) is 5.82 Å². The highest BCUT2D eigenvalue weighted by atomic mass is 16.5. The standard InChI is InChI=1S/C27H34N4O4/c1-17-23(6-3-7-24(17)34-2)27(33)30-19-13-20-9-10-21(14-19)31(20)25-11-8-18(15-28-25)26(32)29-16-22-5-4-12-35-22/h3,6-8,11,15,19-22H,4-5,9-10,12-14,16H2,1-2H3,(H,29,32)(H,30,33)/t19-,20+,21-,22?. The molecule has 3 saturated heterocycles. The van der Waals surface area contributed by atoms with Gasteiger partial charge in [0.25, 0.3) is 11.8 Å². The van der Waals surface area contributed by atoms with Crippen LogP contribution in [0, 0.1) is 6.92 Å². The minimum Gasteiger partial charge on any atom is -0.496 e. The first-order valence-electron chi connectivity index (χ1n) is 12.6. The van der Waals surface area contributed by atoms with Crippen LogP contribution in [0.1, 0.15) is 64.8 Å². The van der Waals surface area contributed by atoms with Crippen LogP contribution in [0.15, 0.2) is 36.5 Å². The molecule has 186 valence electrons. The van der Waals surface area contributed by atoms with Gasteiger partial charge in [-0.2, -0.15) is 0 Å². The Labute approximate surface area is 206 Å². The summed E-state index contributed by atoms with van der Waals surface area (Å²) < 4.78 is 10.9. The van der Waals surface area contributed by atoms with Gasteiger partial charge in [-0.1, -0.05) is 6.07 Å². The van der Waals surface area contributed by atoms with Gasteiger partial charge in [0.2, 0.25) is 0 Å². The molecule has 8 nitrogen and oxygen atoms in total. The van der Waals surface area contributed by atoms with Crippen molar-refractivity contribution in [3.05, 3.63) is 53.2 Å². The lowest BCUT2D eigenvalue weighted by atomic mass is 9.96. The van der Waals surface area contributed by atoms with Crippen LogP contribution < -0.4 is 20.3 Å². The summed E-state index contributed by atoms with van der Waals surface area (Å²) in [6.07, 6.45) is 7.78. The lowest BCUT2D eigenvalue weighted by Crippen LogP contribution is -2.50. The van der Waals surface area contributed by atoms with Crippen LogP contribution in [-0.4, -0.2) is 61.3 Å². The molecular formula is C27H34N4O4. The first-order chi connectivity index (χ1) is 17.0. The molecule has 1 unspecified atom stereocenters. The molecule has 3 aliphatic rings. The van der Waals surface area contributed by atoms with E-state index in [0.717, 1.165) is 62.3 Å². The van der Waals surface area contributed by atoms with E-state index < -0.39 is 0 Å². The van der Waals surface area contributed by atoms with Crippen molar-refractivity contribution >= 4 is 17.6 Å². The quantitative estimate of drug-likeness (QED) is 0.635. The van der Waals surface area contributed by atoms with E-state index in [1.165, 1.54) is 0 Å². The zero-order valence-electron chi connectivity index (χ0n) is 20.5. The van der Waals surface area contributed by atoms with Gasteiger partial charge in [0.05, 0.1) is 18.8 Å². The van der Waals surface area contributed by atoms with E-state index >= 15 is 0 Å². The van der Waals surface area contributed by atoms with Crippen molar-refractivity contribution < 1.29 is 19.1 Å². The lowest BCUT2D eigenvalue weighted by Gasteiger charge is -2.40. The van der Waals surface area contributed by atoms with Gasteiger partial charge in [0, 0.05) is 48.6 Å². The fourth-order valence-corrected chi connectivity index (χ4v) is 5.80. The van der Waals surface area contributed by atoms with E-state index in [0.29, 0.717) is 29.8 Å². The Morgan fingerprint density at radius 3 is 2.57 bits per heavy atom. The zero-order chi connectivity index (χ0) is 24.4. The Bertz CT molecular complexity index is 1050. The van der Waals surface area contributed by atoms with Crippen LogP contribution in [0.3, 0.4) is 0 Å². The van der Waals surface area contributed by atoms with Crippen molar-refractivity contribution in [2.45, 2.75) is 69.7 Å². The number of amides is 2. The first-order valence-corrected chi connectivity index (χ1v) is 12.6. The number of nitrogens with zero attached hydrogens (tertiary/aromatic N) is 2. The van der Waals surface area contributed by atoms with E-state index in [4.69, 9.17) is 9.47 Å². The van der Waals surface area contributed by atoms with Gasteiger partial charge in [0.15, 0.2) is 0 Å². The minimum absolute atomic E-state index is 0.0456. The molecular weight excluding hydrogens is 444 g/mol. The van der Waals surface area contributed by atoms with Crippen LogP contribution in [0.25, 0.3) is 0 Å². The third-order valence-corrected chi connectivity index (χ3v) is 7.61. The monoisotopic (exact) mass is 478 g/mol. The summed E-state index contributed by atoms with van der Waals surface area (Å²) in [5.74, 6) is 1.47. The van der Waals surface area contributed by atoms with Gasteiger partial charge in [-0.3, -0.25) is 9.59 Å². The molecule has 3 aliphatic heterocycles. The Hall–Kier alpha value is -3.13. The summed E-state index contributed by atoms with van der Waals surface area (Å²) in [4.78, 5) is 32.5. The van der Waals surface area contributed by atoms with Crippen molar-refractivity contribution in [1.82, 2.24) is 15.6 Å². The number of piperidine rings is 1. The number of ether oxygens (including phenoxy) is 2. The minimum atomic E-state index is -0.114. The highest BCUT2D eigenvalue weighted by molar-refractivity contribution is 5.96. The van der Waals surface area contributed by atoms with Gasteiger partial charge < -0.3 is 25.0 Å². The summed E-state index contributed by atoms with van der Waals surface area (Å²) in [7, 11) is 1.62. The lowest BCUT2D eigenvalue weighted by molar-refractivity contribution is 0.0857. The molecule has 0 aliphatic carbocycles.